The number of allylic oxidation sites excluding steroid dienone is 9. The molecule has 1 rings (SSSR count). The third-order valence-corrected chi connectivity index (χ3v) is 9.65. The predicted molar refractivity (Wildman–Crippen MR) is 218 cm³/mol. The molecule has 1 aliphatic rings. The number of unbranched alkanes of at least 4 members (excludes halogenated alkanes) is 14. The first-order valence-electron chi connectivity index (χ1n) is 21.1. The monoisotopic (exact) mass is 764 g/mol. The molecule has 10 heteroatoms. The zero-order valence-electron chi connectivity index (χ0n) is 33.6. The van der Waals surface area contributed by atoms with E-state index in [2.05, 4.69) is 67.8 Å². The molecule has 1 aliphatic heterocycles. The summed E-state index contributed by atoms with van der Waals surface area (Å²) in [6, 6.07) is -1.01. The molecule has 7 N–H and O–H groups in total. The van der Waals surface area contributed by atoms with Crippen molar-refractivity contribution in [2.75, 3.05) is 13.2 Å². The van der Waals surface area contributed by atoms with Crippen molar-refractivity contribution in [2.45, 2.75) is 198 Å². The number of rotatable bonds is 33. The topological polar surface area (TPSA) is 169 Å². The smallest absolute Gasteiger partial charge is 0.249 e. The standard InChI is InChI=1S/C44H77NO9/c1-3-5-7-9-11-13-15-17-18-19-21-23-25-27-29-31-33-38(48)43(52)45-36(35-53-44-42(51)41(50)40(49)39(34-46)54-44)37(47)32-30-28-26-24-22-20-16-14-12-10-8-6-4-2/h11-14,17-18,22,24,30,32,36-42,44,46-51H,3-10,15-16,19-21,23,25-29,31,33-35H2,1-2H3,(H,45,52)/b13-11-,14-12+,18-17-,24-22+,32-30+. The van der Waals surface area contributed by atoms with E-state index >= 15 is 0 Å². The van der Waals surface area contributed by atoms with Gasteiger partial charge in [0.05, 0.1) is 25.4 Å². The van der Waals surface area contributed by atoms with E-state index in [1.165, 1.54) is 44.9 Å². The lowest BCUT2D eigenvalue weighted by Crippen LogP contribution is -2.60. The number of hydrogen-bond donors (Lipinski definition) is 7. The van der Waals surface area contributed by atoms with Crippen LogP contribution in [0.15, 0.2) is 60.8 Å². The van der Waals surface area contributed by atoms with Crippen LogP contribution in [-0.2, 0) is 14.3 Å². The molecule has 0 aromatic heterocycles. The van der Waals surface area contributed by atoms with Crippen LogP contribution in [0.25, 0.3) is 0 Å². The summed E-state index contributed by atoms with van der Waals surface area (Å²) in [5, 5.41) is 64.4. The van der Waals surface area contributed by atoms with Gasteiger partial charge in [0.1, 0.15) is 30.5 Å². The van der Waals surface area contributed by atoms with Gasteiger partial charge in [0.15, 0.2) is 6.29 Å². The number of amides is 1. The van der Waals surface area contributed by atoms with E-state index in [4.69, 9.17) is 9.47 Å². The number of ether oxygens (including phenoxy) is 2. The summed E-state index contributed by atoms with van der Waals surface area (Å²) in [4.78, 5) is 13.0. The third-order valence-electron chi connectivity index (χ3n) is 9.65. The maximum Gasteiger partial charge on any atom is 0.249 e. The fourth-order valence-electron chi connectivity index (χ4n) is 6.10. The highest BCUT2D eigenvalue weighted by Gasteiger charge is 2.44. The van der Waals surface area contributed by atoms with E-state index in [-0.39, 0.29) is 13.0 Å². The summed E-state index contributed by atoms with van der Waals surface area (Å²) in [5.41, 5.74) is 0. The van der Waals surface area contributed by atoms with Crippen molar-refractivity contribution < 1.29 is 44.9 Å². The predicted octanol–water partition coefficient (Wildman–Crippen LogP) is 7.02. The van der Waals surface area contributed by atoms with E-state index in [1.54, 1.807) is 6.08 Å². The first-order valence-corrected chi connectivity index (χ1v) is 21.1. The largest absolute Gasteiger partial charge is 0.394 e. The van der Waals surface area contributed by atoms with E-state index in [1.807, 2.05) is 6.08 Å². The third kappa shape index (κ3) is 24.4. The molecule has 0 aromatic carbocycles. The zero-order valence-corrected chi connectivity index (χ0v) is 33.6. The van der Waals surface area contributed by atoms with Crippen molar-refractivity contribution in [2.24, 2.45) is 0 Å². The number of hydrogen-bond acceptors (Lipinski definition) is 9. The Kier molecular flexibility index (Phi) is 31.5. The molecule has 1 amide bonds. The molecule has 312 valence electrons. The quantitative estimate of drug-likeness (QED) is 0.0274. The van der Waals surface area contributed by atoms with Gasteiger partial charge in [0.25, 0.3) is 0 Å². The SMILES string of the molecule is CCCCC/C=C\C/C=C\CCCCCCCCC(O)C(=O)NC(COC1OC(CO)C(O)C(O)C1O)C(O)/C=C/CC/C=C/CC/C=C/CCCCC. The van der Waals surface area contributed by atoms with Crippen LogP contribution < -0.4 is 5.32 Å². The Hall–Kier alpha value is -2.15. The highest BCUT2D eigenvalue weighted by Crippen LogP contribution is 2.22. The minimum Gasteiger partial charge on any atom is -0.394 e. The Balaban J connectivity index is 2.51. The first-order chi connectivity index (χ1) is 26.3. The summed E-state index contributed by atoms with van der Waals surface area (Å²) in [7, 11) is 0. The van der Waals surface area contributed by atoms with Gasteiger partial charge in [-0.1, -0.05) is 132 Å². The second-order valence-electron chi connectivity index (χ2n) is 14.5. The molecule has 0 bridgehead atoms. The number of aliphatic hydroxyl groups is 6. The highest BCUT2D eigenvalue weighted by molar-refractivity contribution is 5.80. The zero-order chi connectivity index (χ0) is 39.7. The maximum absolute atomic E-state index is 13.0. The van der Waals surface area contributed by atoms with Crippen LogP contribution in [0.5, 0.6) is 0 Å². The van der Waals surface area contributed by atoms with Crippen LogP contribution in [-0.4, -0.2) is 98.7 Å². The van der Waals surface area contributed by atoms with Crippen LogP contribution in [0.2, 0.25) is 0 Å². The fraction of sp³-hybridized carbons (Fsp3) is 0.750. The maximum atomic E-state index is 13.0. The minimum atomic E-state index is -1.62. The average Bonchev–Trinajstić information content (AvgIpc) is 3.17. The molecule has 0 aromatic rings. The summed E-state index contributed by atoms with van der Waals surface area (Å²) in [5.74, 6) is -0.644. The lowest BCUT2D eigenvalue weighted by molar-refractivity contribution is -0.302. The molecule has 8 unspecified atom stereocenters. The molecule has 1 saturated heterocycles. The van der Waals surface area contributed by atoms with E-state index in [0.717, 1.165) is 70.6 Å². The highest BCUT2D eigenvalue weighted by atomic mass is 16.7. The second kappa shape index (κ2) is 34.1. The fourth-order valence-corrected chi connectivity index (χ4v) is 6.10. The molecular formula is C44H77NO9. The van der Waals surface area contributed by atoms with Gasteiger partial charge in [-0.15, -0.1) is 0 Å². The molecule has 54 heavy (non-hydrogen) atoms. The first kappa shape index (κ1) is 49.9. The van der Waals surface area contributed by atoms with Crippen LogP contribution >= 0.6 is 0 Å². The minimum absolute atomic E-state index is 0.285. The molecule has 1 fully saturated rings. The van der Waals surface area contributed by atoms with E-state index in [9.17, 15) is 35.4 Å². The van der Waals surface area contributed by atoms with Crippen molar-refractivity contribution in [3.8, 4) is 0 Å². The number of nitrogens with one attached hydrogen (secondary N) is 1. The Morgan fingerprint density at radius 2 is 1.15 bits per heavy atom. The average molecular weight is 764 g/mol. The van der Waals surface area contributed by atoms with E-state index < -0.39 is 61.5 Å². The van der Waals surface area contributed by atoms with Gasteiger partial charge in [-0.05, 0) is 77.0 Å². The molecule has 10 nitrogen and oxygen atoms in total. The van der Waals surface area contributed by atoms with Crippen molar-refractivity contribution in [1.29, 1.82) is 0 Å². The van der Waals surface area contributed by atoms with E-state index in [0.29, 0.717) is 12.8 Å². The second-order valence-corrected chi connectivity index (χ2v) is 14.5. The molecule has 8 atom stereocenters. The van der Waals surface area contributed by atoms with Gasteiger partial charge in [0, 0.05) is 0 Å². The van der Waals surface area contributed by atoms with Gasteiger partial charge in [-0.3, -0.25) is 4.79 Å². The van der Waals surface area contributed by atoms with Gasteiger partial charge in [-0.25, -0.2) is 0 Å². The normalized spacial score (nSPS) is 22.7. The van der Waals surface area contributed by atoms with Crippen molar-refractivity contribution >= 4 is 5.91 Å². The summed E-state index contributed by atoms with van der Waals surface area (Å²) in [6.07, 6.45) is 33.0. The van der Waals surface area contributed by atoms with Crippen molar-refractivity contribution in [3.63, 3.8) is 0 Å². The van der Waals surface area contributed by atoms with Gasteiger partial charge in [0.2, 0.25) is 5.91 Å². The molecule has 0 aliphatic carbocycles. The molecule has 0 spiro atoms. The summed E-state index contributed by atoms with van der Waals surface area (Å²) < 4.78 is 11.1. The van der Waals surface area contributed by atoms with Gasteiger partial charge < -0.3 is 45.4 Å². The molecular weight excluding hydrogens is 686 g/mol. The number of aliphatic hydroxyl groups excluding tert-OH is 6. The Morgan fingerprint density at radius 1 is 0.648 bits per heavy atom. The Morgan fingerprint density at radius 3 is 1.72 bits per heavy atom. The van der Waals surface area contributed by atoms with Crippen LogP contribution in [0.4, 0.5) is 0 Å². The Labute approximate surface area is 327 Å². The molecule has 0 saturated carbocycles. The van der Waals surface area contributed by atoms with Gasteiger partial charge >= 0.3 is 0 Å². The lowest BCUT2D eigenvalue weighted by atomic mass is 9.99. The lowest BCUT2D eigenvalue weighted by Gasteiger charge is -2.40. The van der Waals surface area contributed by atoms with Crippen LogP contribution in [0, 0.1) is 0 Å². The summed E-state index contributed by atoms with van der Waals surface area (Å²) in [6.45, 7) is 3.49. The van der Waals surface area contributed by atoms with Crippen LogP contribution in [0.3, 0.4) is 0 Å². The Bertz CT molecular complexity index is 1040. The summed E-state index contributed by atoms with van der Waals surface area (Å²) >= 11 is 0. The van der Waals surface area contributed by atoms with Crippen molar-refractivity contribution in [3.05, 3.63) is 60.8 Å². The number of carbonyl (C=O) groups is 1. The van der Waals surface area contributed by atoms with Crippen LogP contribution in [0.1, 0.15) is 149 Å². The van der Waals surface area contributed by atoms with Gasteiger partial charge in [-0.2, -0.15) is 0 Å². The number of carbonyl (C=O) groups excluding carboxylic acids is 1. The van der Waals surface area contributed by atoms with Crippen molar-refractivity contribution in [1.82, 2.24) is 5.32 Å². The molecule has 1 heterocycles. The molecule has 0 radical (unpaired) electrons.